The van der Waals surface area contributed by atoms with Gasteiger partial charge in [0.15, 0.2) is 0 Å². The normalized spacial score (nSPS) is 14.2. The maximum absolute atomic E-state index is 12.4. The molecule has 1 aliphatic rings. The summed E-state index contributed by atoms with van der Waals surface area (Å²) in [7, 11) is 0. The van der Waals surface area contributed by atoms with Crippen molar-refractivity contribution in [2.45, 2.75) is 32.8 Å². The van der Waals surface area contributed by atoms with E-state index in [1.165, 1.54) is 10.5 Å². The molecule has 0 unspecified atom stereocenters. The molecule has 1 amide bonds. The van der Waals surface area contributed by atoms with Crippen molar-refractivity contribution in [3.05, 3.63) is 75.8 Å². The molecule has 1 aliphatic heterocycles. The summed E-state index contributed by atoms with van der Waals surface area (Å²) in [4.78, 5) is 42.8. The summed E-state index contributed by atoms with van der Waals surface area (Å²) in [5, 5.41) is 0. The zero-order valence-electron chi connectivity index (χ0n) is 16.1. The molecule has 7 heteroatoms. The van der Waals surface area contributed by atoms with E-state index in [9.17, 15) is 14.4 Å². The van der Waals surface area contributed by atoms with Crippen LogP contribution in [0.1, 0.15) is 41.0 Å². The molecule has 0 atom stereocenters. The number of pyridine rings is 1. The molecule has 0 radical (unpaired) electrons. The van der Waals surface area contributed by atoms with Gasteiger partial charge < -0.3 is 9.64 Å². The fourth-order valence-electron chi connectivity index (χ4n) is 3.52. The number of amides is 1. The molecule has 4 rings (SSSR count). The standard InChI is InChI=1S/C22H21N3O4/c1-15-5-4-6-19-23-17(13-21(27)25(15)19)14-29-22(28)16-8-10-18(11-9-16)24-12-3-2-7-20(24)26/h4-6,8-11,13H,2-3,7,12,14H2,1H3. The highest BCUT2D eigenvalue weighted by Crippen LogP contribution is 2.21. The van der Waals surface area contributed by atoms with Crippen LogP contribution in [-0.4, -0.2) is 27.8 Å². The number of esters is 1. The lowest BCUT2D eigenvalue weighted by molar-refractivity contribution is -0.119. The number of hydrogen-bond acceptors (Lipinski definition) is 5. The number of carbonyl (C=O) groups excluding carboxylic acids is 2. The molecule has 3 aromatic rings. The number of nitrogens with zero attached hydrogens (tertiary/aromatic N) is 3. The van der Waals surface area contributed by atoms with Crippen molar-refractivity contribution in [1.29, 1.82) is 0 Å². The summed E-state index contributed by atoms with van der Waals surface area (Å²) in [6.07, 6.45) is 2.46. The first kappa shape index (κ1) is 18.9. The van der Waals surface area contributed by atoms with Gasteiger partial charge in [-0.25, -0.2) is 9.78 Å². The van der Waals surface area contributed by atoms with Crippen LogP contribution in [0.4, 0.5) is 5.69 Å². The van der Waals surface area contributed by atoms with E-state index in [1.807, 2.05) is 19.1 Å². The third kappa shape index (κ3) is 3.89. The number of anilines is 1. The largest absolute Gasteiger partial charge is 0.456 e. The average molecular weight is 391 g/mol. The van der Waals surface area contributed by atoms with Crippen LogP contribution in [0.25, 0.3) is 5.65 Å². The van der Waals surface area contributed by atoms with E-state index in [-0.39, 0.29) is 18.1 Å². The predicted octanol–water partition coefficient (Wildman–Crippen LogP) is 2.88. The van der Waals surface area contributed by atoms with Gasteiger partial charge in [-0.05, 0) is 56.2 Å². The Balaban J connectivity index is 1.45. The van der Waals surface area contributed by atoms with Crippen LogP contribution in [-0.2, 0) is 16.1 Å². The van der Waals surface area contributed by atoms with Gasteiger partial charge in [-0.15, -0.1) is 0 Å². The Labute approximate surface area is 167 Å². The summed E-state index contributed by atoms with van der Waals surface area (Å²) in [6.45, 7) is 2.44. The molecular weight excluding hydrogens is 370 g/mol. The van der Waals surface area contributed by atoms with Crippen LogP contribution in [0.3, 0.4) is 0 Å². The van der Waals surface area contributed by atoms with Crippen LogP contribution in [0.5, 0.6) is 0 Å². The highest BCUT2D eigenvalue weighted by Gasteiger charge is 2.20. The van der Waals surface area contributed by atoms with E-state index in [0.29, 0.717) is 29.9 Å². The van der Waals surface area contributed by atoms with E-state index in [0.717, 1.165) is 24.2 Å². The van der Waals surface area contributed by atoms with Crippen LogP contribution in [0.2, 0.25) is 0 Å². The van der Waals surface area contributed by atoms with Gasteiger partial charge in [-0.1, -0.05) is 6.07 Å². The Morgan fingerprint density at radius 1 is 1.10 bits per heavy atom. The molecule has 7 nitrogen and oxygen atoms in total. The van der Waals surface area contributed by atoms with E-state index in [1.54, 1.807) is 35.2 Å². The van der Waals surface area contributed by atoms with Crippen molar-refractivity contribution >= 4 is 23.2 Å². The molecule has 0 aliphatic carbocycles. The number of ether oxygens (including phenoxy) is 1. The van der Waals surface area contributed by atoms with E-state index in [2.05, 4.69) is 4.98 Å². The van der Waals surface area contributed by atoms with Gasteiger partial charge >= 0.3 is 5.97 Å². The third-order valence-corrected chi connectivity index (χ3v) is 5.02. The number of benzene rings is 1. The molecule has 1 fully saturated rings. The second-order valence-corrected chi connectivity index (χ2v) is 7.07. The first-order valence-electron chi connectivity index (χ1n) is 9.59. The number of fused-ring (bicyclic) bond motifs is 1. The van der Waals surface area contributed by atoms with Gasteiger partial charge in [0, 0.05) is 30.4 Å². The van der Waals surface area contributed by atoms with Gasteiger partial charge in [-0.3, -0.25) is 14.0 Å². The Bertz CT molecular complexity index is 1130. The second-order valence-electron chi connectivity index (χ2n) is 7.07. The number of aryl methyl sites for hydroxylation is 1. The van der Waals surface area contributed by atoms with Gasteiger partial charge in [0.1, 0.15) is 12.3 Å². The summed E-state index contributed by atoms with van der Waals surface area (Å²) < 4.78 is 6.83. The van der Waals surface area contributed by atoms with Crippen molar-refractivity contribution in [2.75, 3.05) is 11.4 Å². The minimum atomic E-state index is -0.507. The average Bonchev–Trinajstić information content (AvgIpc) is 2.72. The number of hydrogen-bond donors (Lipinski definition) is 0. The highest BCUT2D eigenvalue weighted by atomic mass is 16.5. The molecule has 29 heavy (non-hydrogen) atoms. The Kier molecular flexibility index (Phi) is 5.12. The van der Waals surface area contributed by atoms with Crippen molar-refractivity contribution in [1.82, 2.24) is 9.38 Å². The van der Waals surface area contributed by atoms with Gasteiger partial charge in [-0.2, -0.15) is 0 Å². The molecule has 148 valence electrons. The zero-order chi connectivity index (χ0) is 20.4. The predicted molar refractivity (Wildman–Crippen MR) is 108 cm³/mol. The maximum atomic E-state index is 12.4. The van der Waals surface area contributed by atoms with E-state index >= 15 is 0 Å². The summed E-state index contributed by atoms with van der Waals surface area (Å²) in [5.74, 6) is -0.400. The van der Waals surface area contributed by atoms with E-state index in [4.69, 9.17) is 4.74 Å². The fraction of sp³-hybridized carbons (Fsp3) is 0.273. The first-order chi connectivity index (χ1) is 14.0. The zero-order valence-corrected chi connectivity index (χ0v) is 16.1. The molecule has 1 saturated heterocycles. The lowest BCUT2D eigenvalue weighted by Crippen LogP contribution is -2.35. The number of rotatable bonds is 4. The molecule has 2 aromatic heterocycles. The van der Waals surface area contributed by atoms with E-state index < -0.39 is 5.97 Å². The molecule has 0 spiro atoms. The first-order valence-corrected chi connectivity index (χ1v) is 9.59. The van der Waals surface area contributed by atoms with Crippen LogP contribution in [0, 0.1) is 6.92 Å². The second kappa shape index (κ2) is 7.87. The highest BCUT2D eigenvalue weighted by molar-refractivity contribution is 5.95. The smallest absolute Gasteiger partial charge is 0.338 e. The van der Waals surface area contributed by atoms with Crippen LogP contribution >= 0.6 is 0 Å². The maximum Gasteiger partial charge on any atom is 0.338 e. The molecular formula is C22H21N3O4. The SMILES string of the molecule is Cc1cccc2nc(COC(=O)c3ccc(N4CCCCC4=O)cc3)cc(=O)n12. The molecule has 0 bridgehead atoms. The third-order valence-electron chi connectivity index (χ3n) is 5.02. The topological polar surface area (TPSA) is 81.0 Å². The molecule has 3 heterocycles. The molecule has 0 N–H and O–H groups in total. The molecule has 0 saturated carbocycles. The quantitative estimate of drug-likeness (QED) is 0.639. The Hall–Kier alpha value is -3.48. The number of piperidine rings is 1. The van der Waals surface area contributed by atoms with Crippen molar-refractivity contribution in [3.63, 3.8) is 0 Å². The van der Waals surface area contributed by atoms with Gasteiger partial charge in [0.05, 0.1) is 11.3 Å². The Morgan fingerprint density at radius 3 is 2.66 bits per heavy atom. The summed E-state index contributed by atoms with van der Waals surface area (Å²) in [6, 6.07) is 13.6. The minimum absolute atomic E-state index is 0.0924. The van der Waals surface area contributed by atoms with Crippen molar-refractivity contribution < 1.29 is 14.3 Å². The van der Waals surface area contributed by atoms with Crippen LogP contribution in [0.15, 0.2) is 53.3 Å². The van der Waals surface area contributed by atoms with Crippen molar-refractivity contribution in [3.8, 4) is 0 Å². The van der Waals surface area contributed by atoms with Gasteiger partial charge in [0.2, 0.25) is 5.91 Å². The van der Waals surface area contributed by atoms with Gasteiger partial charge in [0.25, 0.3) is 5.56 Å². The van der Waals surface area contributed by atoms with Crippen LogP contribution < -0.4 is 10.5 Å². The summed E-state index contributed by atoms with van der Waals surface area (Å²) in [5.41, 5.74) is 2.64. The lowest BCUT2D eigenvalue weighted by Gasteiger charge is -2.26. The number of aromatic nitrogens is 2. The lowest BCUT2D eigenvalue weighted by atomic mass is 10.1. The fourth-order valence-corrected chi connectivity index (χ4v) is 3.52. The summed E-state index contributed by atoms with van der Waals surface area (Å²) >= 11 is 0. The molecule has 1 aromatic carbocycles. The minimum Gasteiger partial charge on any atom is -0.456 e. The monoisotopic (exact) mass is 391 g/mol. The van der Waals surface area contributed by atoms with Crippen molar-refractivity contribution in [2.24, 2.45) is 0 Å². The number of carbonyl (C=O) groups is 2. The Morgan fingerprint density at radius 2 is 1.90 bits per heavy atom.